The molecule has 0 saturated heterocycles. The van der Waals surface area contributed by atoms with Crippen LogP contribution in [0.1, 0.15) is 18.4 Å². The normalized spacial score (nSPS) is 11.1. The Labute approximate surface area is 96.4 Å². The van der Waals surface area contributed by atoms with Crippen molar-refractivity contribution in [3.8, 4) is 12.1 Å². The minimum absolute atomic E-state index is 0.104. The zero-order valence-corrected chi connectivity index (χ0v) is 9.19. The Morgan fingerprint density at radius 2 is 1.94 bits per heavy atom. The average molecular weight is 210 g/mol. The number of benzene rings is 1. The third kappa shape index (κ3) is 3.98. The van der Waals surface area contributed by atoms with E-state index in [-0.39, 0.29) is 5.92 Å². The monoisotopic (exact) mass is 210 g/mol. The number of hydrogen-bond donors (Lipinski definition) is 0. The number of rotatable bonds is 5. The standard InChI is InChI=1S/C14H14N2/c1-12(10-15)9-14(11-16)8-7-13-5-3-2-4-6-13/h2-6,14H,1,7-9H2. The van der Waals surface area contributed by atoms with Gasteiger partial charge in [-0.2, -0.15) is 10.5 Å². The van der Waals surface area contributed by atoms with Crippen molar-refractivity contribution < 1.29 is 0 Å². The first kappa shape index (κ1) is 12.0. The second-order valence-corrected chi connectivity index (χ2v) is 3.77. The molecule has 1 atom stereocenters. The van der Waals surface area contributed by atoms with Crippen LogP contribution in [0.25, 0.3) is 0 Å². The van der Waals surface area contributed by atoms with Gasteiger partial charge in [-0.05, 0) is 24.8 Å². The number of aryl methyl sites for hydroxylation is 1. The first-order valence-electron chi connectivity index (χ1n) is 5.27. The maximum Gasteiger partial charge on any atom is 0.0941 e. The fourth-order valence-electron chi connectivity index (χ4n) is 1.54. The van der Waals surface area contributed by atoms with Crippen LogP contribution >= 0.6 is 0 Å². The maximum absolute atomic E-state index is 8.95. The van der Waals surface area contributed by atoms with Crippen molar-refractivity contribution in [2.75, 3.05) is 0 Å². The molecule has 1 rings (SSSR count). The minimum atomic E-state index is -0.104. The molecule has 0 aromatic heterocycles. The van der Waals surface area contributed by atoms with Gasteiger partial charge in [-0.15, -0.1) is 0 Å². The molecule has 0 N–H and O–H groups in total. The summed E-state index contributed by atoms with van der Waals surface area (Å²) in [6.07, 6.45) is 2.14. The lowest BCUT2D eigenvalue weighted by molar-refractivity contribution is 0.604. The lowest BCUT2D eigenvalue weighted by Gasteiger charge is -2.07. The third-order valence-electron chi connectivity index (χ3n) is 2.46. The van der Waals surface area contributed by atoms with Gasteiger partial charge < -0.3 is 0 Å². The smallest absolute Gasteiger partial charge is 0.0941 e. The molecule has 0 radical (unpaired) electrons. The van der Waals surface area contributed by atoms with Gasteiger partial charge >= 0.3 is 0 Å². The van der Waals surface area contributed by atoms with Crippen molar-refractivity contribution in [1.82, 2.24) is 0 Å². The Morgan fingerprint density at radius 3 is 2.50 bits per heavy atom. The third-order valence-corrected chi connectivity index (χ3v) is 2.46. The first-order valence-corrected chi connectivity index (χ1v) is 5.27. The van der Waals surface area contributed by atoms with Gasteiger partial charge in [0.25, 0.3) is 0 Å². The predicted octanol–water partition coefficient (Wildman–Crippen LogP) is 3.23. The molecule has 2 nitrogen and oxygen atoms in total. The Balaban J connectivity index is 2.45. The van der Waals surface area contributed by atoms with Crippen LogP contribution in [0.2, 0.25) is 0 Å². The fourth-order valence-corrected chi connectivity index (χ4v) is 1.54. The number of allylic oxidation sites excluding steroid dienone is 1. The van der Waals surface area contributed by atoms with Crippen molar-refractivity contribution in [3.63, 3.8) is 0 Å². The first-order chi connectivity index (χ1) is 7.76. The van der Waals surface area contributed by atoms with Crippen LogP contribution in [-0.2, 0) is 6.42 Å². The van der Waals surface area contributed by atoms with Gasteiger partial charge in [0.2, 0.25) is 0 Å². The highest BCUT2D eigenvalue weighted by Gasteiger charge is 2.09. The molecule has 16 heavy (non-hydrogen) atoms. The van der Waals surface area contributed by atoms with E-state index in [1.807, 2.05) is 36.4 Å². The lowest BCUT2D eigenvalue weighted by Crippen LogP contribution is -2.00. The molecule has 0 saturated carbocycles. The second-order valence-electron chi connectivity index (χ2n) is 3.77. The summed E-state index contributed by atoms with van der Waals surface area (Å²) in [6, 6.07) is 14.3. The van der Waals surface area contributed by atoms with Gasteiger partial charge in [-0.25, -0.2) is 0 Å². The Kier molecular flexibility index (Phi) is 4.83. The molecule has 0 spiro atoms. The molecule has 0 fully saturated rings. The molecule has 1 aromatic carbocycles. The van der Waals surface area contributed by atoms with E-state index in [1.165, 1.54) is 5.56 Å². The summed E-state index contributed by atoms with van der Waals surface area (Å²) in [5.74, 6) is -0.104. The highest BCUT2D eigenvalue weighted by molar-refractivity contribution is 5.19. The second kappa shape index (κ2) is 6.43. The lowest BCUT2D eigenvalue weighted by atomic mass is 9.95. The Hall–Kier alpha value is -2.06. The molecule has 0 aliphatic heterocycles. The molecule has 80 valence electrons. The van der Waals surface area contributed by atoms with Crippen LogP contribution in [0.15, 0.2) is 42.5 Å². The fraction of sp³-hybridized carbons (Fsp3) is 0.286. The molecule has 0 aliphatic rings. The van der Waals surface area contributed by atoms with E-state index >= 15 is 0 Å². The number of hydrogen-bond acceptors (Lipinski definition) is 2. The van der Waals surface area contributed by atoms with Crippen LogP contribution in [0, 0.1) is 28.6 Å². The zero-order valence-electron chi connectivity index (χ0n) is 9.19. The number of nitriles is 2. The van der Waals surface area contributed by atoms with E-state index in [0.717, 1.165) is 12.8 Å². The summed E-state index contributed by atoms with van der Waals surface area (Å²) in [5.41, 5.74) is 1.71. The van der Waals surface area contributed by atoms with Crippen molar-refractivity contribution in [3.05, 3.63) is 48.0 Å². The largest absolute Gasteiger partial charge is 0.198 e. The van der Waals surface area contributed by atoms with Crippen molar-refractivity contribution in [2.24, 2.45) is 5.92 Å². The Bertz CT molecular complexity index is 420. The quantitative estimate of drug-likeness (QED) is 0.700. The maximum atomic E-state index is 8.95. The zero-order chi connectivity index (χ0) is 11.8. The molecule has 0 heterocycles. The predicted molar refractivity (Wildman–Crippen MR) is 63.2 cm³/mol. The molecule has 0 bridgehead atoms. The minimum Gasteiger partial charge on any atom is -0.198 e. The summed E-state index contributed by atoms with van der Waals surface area (Å²) in [6.45, 7) is 3.60. The SMILES string of the molecule is C=C(C#N)CC(C#N)CCc1ccccc1. The van der Waals surface area contributed by atoms with Crippen LogP contribution in [0.4, 0.5) is 0 Å². The van der Waals surface area contributed by atoms with Crippen molar-refractivity contribution in [1.29, 1.82) is 10.5 Å². The number of nitrogens with zero attached hydrogens (tertiary/aromatic N) is 2. The van der Waals surface area contributed by atoms with E-state index in [0.29, 0.717) is 12.0 Å². The molecule has 0 aliphatic carbocycles. The van der Waals surface area contributed by atoms with E-state index in [4.69, 9.17) is 10.5 Å². The summed E-state index contributed by atoms with van der Waals surface area (Å²) in [4.78, 5) is 0. The van der Waals surface area contributed by atoms with E-state index in [2.05, 4.69) is 12.6 Å². The van der Waals surface area contributed by atoms with Crippen LogP contribution in [-0.4, -0.2) is 0 Å². The summed E-state index contributed by atoms with van der Waals surface area (Å²) < 4.78 is 0. The van der Waals surface area contributed by atoms with Gasteiger partial charge in [-0.1, -0.05) is 36.9 Å². The highest BCUT2D eigenvalue weighted by Crippen LogP contribution is 2.16. The summed E-state index contributed by atoms with van der Waals surface area (Å²) in [7, 11) is 0. The van der Waals surface area contributed by atoms with Gasteiger partial charge in [0.1, 0.15) is 0 Å². The summed E-state index contributed by atoms with van der Waals surface area (Å²) >= 11 is 0. The van der Waals surface area contributed by atoms with Crippen LogP contribution < -0.4 is 0 Å². The van der Waals surface area contributed by atoms with Gasteiger partial charge in [0.15, 0.2) is 0 Å². The van der Waals surface area contributed by atoms with E-state index < -0.39 is 0 Å². The van der Waals surface area contributed by atoms with Gasteiger partial charge in [0, 0.05) is 5.57 Å². The van der Waals surface area contributed by atoms with Crippen molar-refractivity contribution in [2.45, 2.75) is 19.3 Å². The van der Waals surface area contributed by atoms with E-state index in [1.54, 1.807) is 0 Å². The van der Waals surface area contributed by atoms with Gasteiger partial charge in [0.05, 0.1) is 18.1 Å². The summed E-state index contributed by atoms with van der Waals surface area (Å²) in [5, 5.41) is 17.6. The van der Waals surface area contributed by atoms with Crippen LogP contribution in [0.5, 0.6) is 0 Å². The van der Waals surface area contributed by atoms with Crippen molar-refractivity contribution >= 4 is 0 Å². The van der Waals surface area contributed by atoms with Crippen LogP contribution in [0.3, 0.4) is 0 Å². The highest BCUT2D eigenvalue weighted by atomic mass is 14.3. The molecular formula is C14H14N2. The molecule has 1 aromatic rings. The van der Waals surface area contributed by atoms with Gasteiger partial charge in [-0.3, -0.25) is 0 Å². The average Bonchev–Trinajstić information content (AvgIpc) is 2.35. The topological polar surface area (TPSA) is 47.6 Å². The Morgan fingerprint density at radius 1 is 1.25 bits per heavy atom. The molecule has 1 unspecified atom stereocenters. The molecule has 0 amide bonds. The van der Waals surface area contributed by atoms with E-state index in [9.17, 15) is 0 Å². The molecule has 2 heteroatoms. The molecular weight excluding hydrogens is 196 g/mol.